The van der Waals surface area contributed by atoms with Crippen molar-refractivity contribution in [1.29, 1.82) is 0 Å². The number of urea groups is 1. The van der Waals surface area contributed by atoms with Gasteiger partial charge in [-0.3, -0.25) is 0 Å². The van der Waals surface area contributed by atoms with Crippen LogP contribution in [-0.2, 0) is 6.54 Å². The molecular weight excluding hydrogens is 327 g/mol. The molecule has 0 saturated carbocycles. The first-order chi connectivity index (χ1) is 10.1. The minimum atomic E-state index is -0.138. The molecule has 0 saturated heterocycles. The van der Waals surface area contributed by atoms with Crippen molar-refractivity contribution in [3.05, 3.63) is 50.6 Å². The molecule has 2 amide bonds. The molecule has 112 valence electrons. The Morgan fingerprint density at radius 1 is 1.29 bits per heavy atom. The van der Waals surface area contributed by atoms with Crippen molar-refractivity contribution in [1.82, 2.24) is 4.90 Å². The van der Waals surface area contributed by atoms with Crippen LogP contribution in [0.25, 0.3) is 0 Å². The lowest BCUT2D eigenvalue weighted by atomic mass is 10.3. The molecule has 0 atom stereocenters. The number of carbonyl (C=O) groups excluding carboxylic acids is 1. The van der Waals surface area contributed by atoms with Crippen molar-refractivity contribution in [2.75, 3.05) is 11.9 Å². The number of nitrogens with zero attached hydrogens (tertiary/aromatic N) is 1. The van der Waals surface area contributed by atoms with Gasteiger partial charge in [-0.2, -0.15) is 11.3 Å². The molecular formula is C15H16Cl2N2OS. The molecule has 0 unspecified atom stereocenters. The van der Waals surface area contributed by atoms with E-state index >= 15 is 0 Å². The van der Waals surface area contributed by atoms with Gasteiger partial charge in [-0.05, 0) is 47.0 Å². The summed E-state index contributed by atoms with van der Waals surface area (Å²) >= 11 is 13.5. The lowest BCUT2D eigenvalue weighted by Crippen LogP contribution is -2.34. The fraction of sp³-hybridized carbons (Fsp3) is 0.267. The SMILES string of the molecule is CCCN(Cc1ccsc1)C(=O)Nc1ccc(Cl)c(Cl)c1. The average Bonchev–Trinajstić information content (AvgIpc) is 2.95. The first-order valence-corrected chi connectivity index (χ1v) is 8.32. The topological polar surface area (TPSA) is 32.3 Å². The maximum absolute atomic E-state index is 12.4. The molecule has 0 bridgehead atoms. The molecule has 3 nitrogen and oxygen atoms in total. The largest absolute Gasteiger partial charge is 0.322 e. The van der Waals surface area contributed by atoms with Crippen molar-refractivity contribution >= 4 is 46.3 Å². The highest BCUT2D eigenvalue weighted by Crippen LogP contribution is 2.25. The Bertz CT molecular complexity index is 602. The van der Waals surface area contributed by atoms with Gasteiger partial charge < -0.3 is 10.2 Å². The molecule has 0 radical (unpaired) electrons. The number of rotatable bonds is 5. The van der Waals surface area contributed by atoms with Crippen LogP contribution in [0.2, 0.25) is 10.0 Å². The van der Waals surface area contributed by atoms with Crippen LogP contribution in [0.4, 0.5) is 10.5 Å². The number of carbonyl (C=O) groups is 1. The molecule has 6 heteroatoms. The Morgan fingerprint density at radius 3 is 2.71 bits per heavy atom. The highest BCUT2D eigenvalue weighted by molar-refractivity contribution is 7.07. The summed E-state index contributed by atoms with van der Waals surface area (Å²) in [5.41, 5.74) is 1.78. The summed E-state index contributed by atoms with van der Waals surface area (Å²) in [6.45, 7) is 3.35. The van der Waals surface area contributed by atoms with Gasteiger partial charge in [0.15, 0.2) is 0 Å². The summed E-state index contributed by atoms with van der Waals surface area (Å²) in [4.78, 5) is 14.1. The van der Waals surface area contributed by atoms with Crippen molar-refractivity contribution < 1.29 is 4.79 Å². The quantitative estimate of drug-likeness (QED) is 0.764. The third-order valence-electron chi connectivity index (χ3n) is 2.91. The number of anilines is 1. The van der Waals surface area contributed by atoms with Crippen molar-refractivity contribution in [2.24, 2.45) is 0 Å². The van der Waals surface area contributed by atoms with Crippen LogP contribution >= 0.6 is 34.5 Å². The third-order valence-corrected chi connectivity index (χ3v) is 4.38. The molecule has 0 aliphatic carbocycles. The molecule has 1 heterocycles. The zero-order valence-electron chi connectivity index (χ0n) is 11.6. The van der Waals surface area contributed by atoms with Gasteiger partial charge in [0.2, 0.25) is 0 Å². The number of amides is 2. The fourth-order valence-electron chi connectivity index (χ4n) is 1.90. The predicted molar refractivity (Wildman–Crippen MR) is 90.5 cm³/mol. The summed E-state index contributed by atoms with van der Waals surface area (Å²) in [6.07, 6.45) is 0.902. The van der Waals surface area contributed by atoms with Gasteiger partial charge in [-0.25, -0.2) is 4.79 Å². The van der Waals surface area contributed by atoms with Gasteiger partial charge in [-0.15, -0.1) is 0 Å². The number of hydrogen-bond donors (Lipinski definition) is 1. The standard InChI is InChI=1S/C15H16Cl2N2OS/c1-2-6-19(9-11-5-7-21-10-11)15(20)18-12-3-4-13(16)14(17)8-12/h3-5,7-8,10H,2,6,9H2,1H3,(H,18,20). The summed E-state index contributed by atoms with van der Waals surface area (Å²) in [6, 6.07) is 6.95. The van der Waals surface area contributed by atoms with Crippen molar-refractivity contribution in [3.63, 3.8) is 0 Å². The van der Waals surface area contributed by atoms with E-state index < -0.39 is 0 Å². The Morgan fingerprint density at radius 2 is 2.10 bits per heavy atom. The normalized spacial score (nSPS) is 10.4. The monoisotopic (exact) mass is 342 g/mol. The Kier molecular flexibility index (Phi) is 5.91. The average molecular weight is 343 g/mol. The summed E-state index contributed by atoms with van der Waals surface area (Å²) in [7, 11) is 0. The van der Waals surface area contributed by atoms with Crippen LogP contribution in [0.1, 0.15) is 18.9 Å². The molecule has 21 heavy (non-hydrogen) atoms. The van der Waals surface area contributed by atoms with Crippen LogP contribution in [0.5, 0.6) is 0 Å². The van der Waals surface area contributed by atoms with Gasteiger partial charge in [0.1, 0.15) is 0 Å². The van der Waals surface area contributed by atoms with Crippen LogP contribution in [0.15, 0.2) is 35.0 Å². The van der Waals surface area contributed by atoms with Gasteiger partial charge in [0.05, 0.1) is 10.0 Å². The van der Waals surface area contributed by atoms with Gasteiger partial charge in [0.25, 0.3) is 0 Å². The van der Waals surface area contributed by atoms with Gasteiger partial charge in [-0.1, -0.05) is 30.1 Å². The minimum absolute atomic E-state index is 0.138. The Labute approximate surface area is 138 Å². The van der Waals surface area contributed by atoms with Crippen LogP contribution < -0.4 is 5.32 Å². The lowest BCUT2D eigenvalue weighted by molar-refractivity contribution is 0.209. The molecule has 0 fully saturated rings. The first-order valence-electron chi connectivity index (χ1n) is 6.62. The van der Waals surface area contributed by atoms with E-state index in [-0.39, 0.29) is 6.03 Å². The second-order valence-corrected chi connectivity index (χ2v) is 6.21. The summed E-state index contributed by atoms with van der Waals surface area (Å²) < 4.78 is 0. The van der Waals surface area contributed by atoms with E-state index in [1.165, 1.54) is 0 Å². The van der Waals surface area contributed by atoms with Gasteiger partial charge in [0, 0.05) is 18.8 Å². The number of thiophene rings is 1. The van der Waals surface area contributed by atoms with E-state index in [0.29, 0.717) is 28.8 Å². The van der Waals surface area contributed by atoms with Crippen LogP contribution in [0, 0.1) is 0 Å². The third kappa shape index (κ3) is 4.63. The summed E-state index contributed by atoms with van der Waals surface area (Å²) in [5.74, 6) is 0. The molecule has 0 aliphatic heterocycles. The van der Waals surface area contributed by atoms with Crippen molar-refractivity contribution in [2.45, 2.75) is 19.9 Å². The van der Waals surface area contributed by atoms with Crippen LogP contribution in [0.3, 0.4) is 0 Å². The van der Waals surface area contributed by atoms with E-state index in [4.69, 9.17) is 23.2 Å². The Balaban J connectivity index is 2.05. The fourth-order valence-corrected chi connectivity index (χ4v) is 2.86. The molecule has 1 aromatic heterocycles. The number of halogens is 2. The van der Waals surface area contributed by atoms with E-state index in [1.54, 1.807) is 34.4 Å². The van der Waals surface area contributed by atoms with Gasteiger partial charge >= 0.3 is 6.03 Å². The first kappa shape index (κ1) is 16.1. The molecule has 1 N–H and O–H groups in total. The highest BCUT2D eigenvalue weighted by atomic mass is 35.5. The zero-order valence-corrected chi connectivity index (χ0v) is 13.9. The van der Waals surface area contributed by atoms with E-state index in [9.17, 15) is 4.79 Å². The number of nitrogens with one attached hydrogen (secondary N) is 1. The zero-order chi connectivity index (χ0) is 15.2. The number of benzene rings is 1. The molecule has 2 rings (SSSR count). The highest BCUT2D eigenvalue weighted by Gasteiger charge is 2.14. The molecule has 1 aromatic carbocycles. The molecule has 2 aromatic rings. The lowest BCUT2D eigenvalue weighted by Gasteiger charge is -2.22. The Hall–Kier alpha value is -1.23. The predicted octanol–water partition coefficient (Wildman–Crippen LogP) is 5.50. The maximum Gasteiger partial charge on any atom is 0.322 e. The molecule has 0 aliphatic rings. The van der Waals surface area contributed by atoms with E-state index in [1.807, 2.05) is 18.4 Å². The molecule has 0 spiro atoms. The number of hydrogen-bond acceptors (Lipinski definition) is 2. The van der Waals surface area contributed by atoms with E-state index in [0.717, 1.165) is 12.0 Å². The smallest absolute Gasteiger partial charge is 0.320 e. The summed E-state index contributed by atoms with van der Waals surface area (Å²) in [5, 5.41) is 7.81. The minimum Gasteiger partial charge on any atom is -0.320 e. The second kappa shape index (κ2) is 7.69. The van der Waals surface area contributed by atoms with Crippen molar-refractivity contribution in [3.8, 4) is 0 Å². The van der Waals surface area contributed by atoms with Crippen LogP contribution in [-0.4, -0.2) is 17.5 Å². The second-order valence-electron chi connectivity index (χ2n) is 4.61. The van der Waals surface area contributed by atoms with E-state index in [2.05, 4.69) is 10.7 Å². The maximum atomic E-state index is 12.4.